The molecule has 1 rings (SSSR count). The fourth-order valence-corrected chi connectivity index (χ4v) is 1.16. The van der Waals surface area contributed by atoms with E-state index >= 15 is 0 Å². The molecule has 0 saturated heterocycles. The molecule has 6 heteroatoms. The van der Waals surface area contributed by atoms with Crippen molar-refractivity contribution in [2.75, 3.05) is 6.54 Å². The van der Waals surface area contributed by atoms with Crippen molar-refractivity contribution >= 4 is 5.91 Å². The number of hydrogen-bond donors (Lipinski definition) is 3. The second kappa shape index (κ2) is 4.83. The minimum absolute atomic E-state index is 0.0514. The van der Waals surface area contributed by atoms with Gasteiger partial charge < -0.3 is 11.1 Å². The Morgan fingerprint density at radius 1 is 1.47 bits per heavy atom. The summed E-state index contributed by atoms with van der Waals surface area (Å²) in [5.74, 6) is 0.708. The van der Waals surface area contributed by atoms with Crippen LogP contribution < -0.4 is 11.1 Å². The summed E-state index contributed by atoms with van der Waals surface area (Å²) in [5.41, 5.74) is 4.81. The molecule has 0 aliphatic heterocycles. The smallest absolute Gasteiger partial charge is 0.227 e. The molecule has 0 atom stereocenters. The molecule has 0 aromatic carbocycles. The van der Waals surface area contributed by atoms with Gasteiger partial charge in [0.1, 0.15) is 12.2 Å². The molecule has 0 bridgehead atoms. The van der Waals surface area contributed by atoms with Crippen LogP contribution >= 0.6 is 0 Å². The van der Waals surface area contributed by atoms with Crippen LogP contribution in [0.25, 0.3) is 0 Å². The van der Waals surface area contributed by atoms with E-state index in [4.69, 9.17) is 5.73 Å². The Hall–Kier alpha value is -1.43. The first kappa shape index (κ1) is 13.6. The quantitative estimate of drug-likeness (QED) is 0.685. The van der Waals surface area contributed by atoms with Gasteiger partial charge in [-0.3, -0.25) is 9.89 Å². The van der Waals surface area contributed by atoms with Crippen molar-refractivity contribution < 1.29 is 4.79 Å². The Bertz CT molecular complexity index is 364. The number of rotatable bonds is 5. The van der Waals surface area contributed by atoms with Crippen LogP contribution in [0.2, 0.25) is 0 Å². The van der Waals surface area contributed by atoms with E-state index in [2.05, 4.69) is 20.5 Å². The highest BCUT2D eigenvalue weighted by molar-refractivity contribution is 5.83. The topological polar surface area (TPSA) is 96.7 Å². The van der Waals surface area contributed by atoms with Gasteiger partial charge in [-0.1, -0.05) is 0 Å². The molecular weight excluding hydrogens is 218 g/mol. The van der Waals surface area contributed by atoms with E-state index in [1.54, 1.807) is 0 Å². The average Bonchev–Trinajstić information content (AvgIpc) is 2.68. The molecule has 96 valence electrons. The second-order valence-electron chi connectivity index (χ2n) is 5.28. The van der Waals surface area contributed by atoms with Gasteiger partial charge in [0.05, 0.1) is 5.41 Å². The Balaban J connectivity index is 2.45. The van der Waals surface area contributed by atoms with Crippen LogP contribution in [-0.2, 0) is 11.2 Å². The highest BCUT2D eigenvalue weighted by Gasteiger charge is 2.40. The number of hydrogen-bond acceptors (Lipinski definition) is 4. The SMILES string of the molecule is CC(C)(N)C(C)(C)C(=O)NCCc1ncn[nH]1. The fraction of sp³-hybridized carbons (Fsp3) is 0.727. The molecule has 0 radical (unpaired) electrons. The highest BCUT2D eigenvalue weighted by Crippen LogP contribution is 2.28. The van der Waals surface area contributed by atoms with E-state index in [-0.39, 0.29) is 5.91 Å². The largest absolute Gasteiger partial charge is 0.355 e. The lowest BCUT2D eigenvalue weighted by atomic mass is 9.74. The summed E-state index contributed by atoms with van der Waals surface area (Å²) in [4.78, 5) is 16.0. The molecule has 0 aliphatic carbocycles. The van der Waals surface area contributed by atoms with E-state index in [1.807, 2.05) is 27.7 Å². The maximum Gasteiger partial charge on any atom is 0.227 e. The number of carbonyl (C=O) groups excluding carboxylic acids is 1. The van der Waals surface area contributed by atoms with Crippen molar-refractivity contribution in [3.8, 4) is 0 Å². The normalized spacial score (nSPS) is 12.5. The van der Waals surface area contributed by atoms with Gasteiger partial charge >= 0.3 is 0 Å². The summed E-state index contributed by atoms with van der Waals surface area (Å²) in [6.07, 6.45) is 2.08. The fourth-order valence-electron chi connectivity index (χ4n) is 1.16. The number of nitrogens with one attached hydrogen (secondary N) is 2. The predicted octanol–water partition coefficient (Wildman–Crippen LogP) is 0.227. The van der Waals surface area contributed by atoms with Crippen molar-refractivity contribution in [3.05, 3.63) is 12.2 Å². The van der Waals surface area contributed by atoms with Gasteiger partial charge in [-0.2, -0.15) is 5.10 Å². The molecule has 0 spiro atoms. The Morgan fingerprint density at radius 2 is 2.12 bits per heavy atom. The molecule has 0 saturated carbocycles. The minimum atomic E-state index is -0.617. The third kappa shape index (κ3) is 3.26. The van der Waals surface area contributed by atoms with Gasteiger partial charge in [-0.05, 0) is 27.7 Å². The molecule has 1 amide bonds. The number of nitrogens with two attached hydrogens (primary N) is 1. The summed E-state index contributed by atoms with van der Waals surface area (Å²) < 4.78 is 0. The van der Waals surface area contributed by atoms with Gasteiger partial charge in [0.25, 0.3) is 0 Å². The van der Waals surface area contributed by atoms with E-state index in [9.17, 15) is 4.79 Å². The predicted molar refractivity (Wildman–Crippen MR) is 65.1 cm³/mol. The molecule has 6 nitrogen and oxygen atoms in total. The Labute approximate surface area is 101 Å². The van der Waals surface area contributed by atoms with Crippen molar-refractivity contribution in [2.45, 2.75) is 39.7 Å². The van der Waals surface area contributed by atoms with Crippen LogP contribution in [0.4, 0.5) is 0 Å². The number of carbonyl (C=O) groups is 1. The highest BCUT2D eigenvalue weighted by atomic mass is 16.2. The summed E-state index contributed by atoms with van der Waals surface area (Å²) in [5, 5.41) is 9.34. The molecule has 1 heterocycles. The van der Waals surface area contributed by atoms with Crippen molar-refractivity contribution in [3.63, 3.8) is 0 Å². The van der Waals surface area contributed by atoms with Gasteiger partial charge in [0.2, 0.25) is 5.91 Å². The van der Waals surface area contributed by atoms with Crippen LogP contribution in [0.3, 0.4) is 0 Å². The van der Waals surface area contributed by atoms with Gasteiger partial charge in [-0.25, -0.2) is 4.98 Å². The Morgan fingerprint density at radius 3 is 2.59 bits per heavy atom. The lowest BCUT2D eigenvalue weighted by molar-refractivity contribution is -0.132. The first-order chi connectivity index (χ1) is 7.75. The summed E-state index contributed by atoms with van der Waals surface area (Å²) in [7, 11) is 0. The monoisotopic (exact) mass is 239 g/mol. The van der Waals surface area contributed by atoms with Crippen LogP contribution in [0.15, 0.2) is 6.33 Å². The third-order valence-electron chi connectivity index (χ3n) is 3.29. The molecule has 0 fully saturated rings. The molecule has 17 heavy (non-hydrogen) atoms. The zero-order valence-corrected chi connectivity index (χ0v) is 10.9. The average molecular weight is 239 g/mol. The first-order valence-electron chi connectivity index (χ1n) is 5.66. The number of aromatic nitrogens is 3. The molecule has 1 aromatic heterocycles. The van der Waals surface area contributed by atoms with Gasteiger partial charge in [-0.15, -0.1) is 0 Å². The molecular formula is C11H21N5O. The summed E-state index contributed by atoms with van der Waals surface area (Å²) in [6, 6.07) is 0. The Kier molecular flexibility index (Phi) is 3.87. The number of amides is 1. The van der Waals surface area contributed by atoms with Crippen LogP contribution in [0, 0.1) is 5.41 Å². The molecule has 1 aromatic rings. The summed E-state index contributed by atoms with van der Waals surface area (Å²) in [6.45, 7) is 7.91. The van der Waals surface area contributed by atoms with Crippen molar-refractivity contribution in [1.82, 2.24) is 20.5 Å². The second-order valence-corrected chi connectivity index (χ2v) is 5.28. The third-order valence-corrected chi connectivity index (χ3v) is 3.29. The van der Waals surface area contributed by atoms with Crippen LogP contribution in [-0.4, -0.2) is 33.2 Å². The van der Waals surface area contributed by atoms with Crippen molar-refractivity contribution in [2.24, 2.45) is 11.1 Å². The lowest BCUT2D eigenvalue weighted by Gasteiger charge is -2.36. The lowest BCUT2D eigenvalue weighted by Crippen LogP contribution is -2.55. The van der Waals surface area contributed by atoms with Crippen LogP contribution in [0.1, 0.15) is 33.5 Å². The molecule has 0 aliphatic rings. The standard InChI is InChI=1S/C11H21N5O/c1-10(2,11(3,4)12)9(17)13-6-5-8-14-7-15-16-8/h7H,5-6,12H2,1-4H3,(H,13,17)(H,14,15,16). The van der Waals surface area contributed by atoms with E-state index < -0.39 is 11.0 Å². The van der Waals surface area contributed by atoms with Gasteiger partial charge in [0, 0.05) is 18.5 Å². The van der Waals surface area contributed by atoms with Crippen molar-refractivity contribution in [1.29, 1.82) is 0 Å². The van der Waals surface area contributed by atoms with E-state index in [1.165, 1.54) is 6.33 Å². The number of aromatic amines is 1. The van der Waals surface area contributed by atoms with E-state index in [0.29, 0.717) is 13.0 Å². The zero-order valence-electron chi connectivity index (χ0n) is 10.9. The van der Waals surface area contributed by atoms with Gasteiger partial charge in [0.15, 0.2) is 0 Å². The summed E-state index contributed by atoms with van der Waals surface area (Å²) >= 11 is 0. The minimum Gasteiger partial charge on any atom is -0.355 e. The number of nitrogens with zero attached hydrogens (tertiary/aromatic N) is 2. The zero-order chi connectivity index (χ0) is 13.1. The first-order valence-corrected chi connectivity index (χ1v) is 5.66. The molecule has 0 unspecified atom stereocenters. The maximum absolute atomic E-state index is 12.0. The molecule has 4 N–H and O–H groups in total. The van der Waals surface area contributed by atoms with E-state index in [0.717, 1.165) is 5.82 Å². The maximum atomic E-state index is 12.0. The van der Waals surface area contributed by atoms with Crippen LogP contribution in [0.5, 0.6) is 0 Å². The number of H-pyrrole nitrogens is 1.